The smallest absolute Gasteiger partial charge is 0.350 e. The van der Waals surface area contributed by atoms with Gasteiger partial charge in [0, 0.05) is 10.4 Å². The Morgan fingerprint density at radius 3 is 2.54 bits per heavy atom. The predicted octanol–water partition coefficient (Wildman–Crippen LogP) is 5.10. The van der Waals surface area contributed by atoms with Crippen LogP contribution < -0.4 is 9.64 Å². The Kier molecular flexibility index (Phi) is 7.32. The zero-order valence-corrected chi connectivity index (χ0v) is 21.1. The van der Waals surface area contributed by atoms with Crippen molar-refractivity contribution in [1.82, 2.24) is 4.98 Å². The maximum absolute atomic E-state index is 13.2. The molecule has 1 N–H and O–H groups in total. The first-order valence-corrected chi connectivity index (χ1v) is 12.8. The first kappa shape index (κ1) is 24.6. The average Bonchev–Trinajstić information content (AvgIpc) is 3.57. The van der Waals surface area contributed by atoms with Crippen molar-refractivity contribution in [1.29, 1.82) is 0 Å². The number of ether oxygens (including phenoxy) is 2. The fraction of sp³-hybridized carbons (Fsp3) is 0.280. The number of anilines is 1. The second kappa shape index (κ2) is 10.4. The second-order valence-corrected chi connectivity index (χ2v) is 9.65. The Hall–Kier alpha value is -3.50. The summed E-state index contributed by atoms with van der Waals surface area (Å²) in [5.74, 6) is -1.83. The van der Waals surface area contributed by atoms with Crippen LogP contribution in [0.5, 0.6) is 5.75 Å². The van der Waals surface area contributed by atoms with E-state index in [1.54, 1.807) is 50.2 Å². The number of aliphatic hydroxyl groups excluding tert-OH is 1. The zero-order valence-electron chi connectivity index (χ0n) is 19.4. The van der Waals surface area contributed by atoms with Gasteiger partial charge in [-0.3, -0.25) is 14.5 Å². The minimum atomic E-state index is -0.883. The Labute approximate surface area is 210 Å². The van der Waals surface area contributed by atoms with Crippen molar-refractivity contribution in [3.05, 3.63) is 68.4 Å². The van der Waals surface area contributed by atoms with Crippen LogP contribution in [0.15, 0.2) is 47.4 Å². The van der Waals surface area contributed by atoms with Gasteiger partial charge in [0.1, 0.15) is 22.4 Å². The Morgan fingerprint density at radius 1 is 1.17 bits per heavy atom. The monoisotopic (exact) mass is 512 g/mol. The lowest BCUT2D eigenvalue weighted by molar-refractivity contribution is -0.132. The van der Waals surface area contributed by atoms with Gasteiger partial charge in [-0.1, -0.05) is 24.3 Å². The van der Waals surface area contributed by atoms with Crippen molar-refractivity contribution in [2.24, 2.45) is 0 Å². The topological polar surface area (TPSA) is 106 Å². The van der Waals surface area contributed by atoms with Gasteiger partial charge in [-0.25, -0.2) is 9.78 Å². The highest BCUT2D eigenvalue weighted by atomic mass is 32.1. The lowest BCUT2D eigenvalue weighted by atomic mass is 10.00. The summed E-state index contributed by atoms with van der Waals surface area (Å²) in [7, 11) is 0. The summed E-state index contributed by atoms with van der Waals surface area (Å²) in [5, 5.41) is 13.2. The number of Topliss-reactive ketones (excluding diaryl/α,β-unsaturated/α-hetero) is 1. The van der Waals surface area contributed by atoms with Crippen LogP contribution in [-0.2, 0) is 14.3 Å². The van der Waals surface area contributed by atoms with Gasteiger partial charge in [0.05, 0.1) is 24.5 Å². The van der Waals surface area contributed by atoms with Crippen LogP contribution in [-0.4, -0.2) is 41.0 Å². The van der Waals surface area contributed by atoms with Crippen LogP contribution in [0.3, 0.4) is 0 Å². The van der Waals surface area contributed by atoms with Gasteiger partial charge >= 0.3 is 11.9 Å². The van der Waals surface area contributed by atoms with Crippen LogP contribution in [0.2, 0.25) is 0 Å². The van der Waals surface area contributed by atoms with Crippen molar-refractivity contribution >= 4 is 51.2 Å². The molecule has 1 amide bonds. The summed E-state index contributed by atoms with van der Waals surface area (Å²) in [6.07, 6.45) is 0.861. The second-order valence-electron chi connectivity index (χ2n) is 7.69. The number of rotatable bonds is 8. The molecule has 0 saturated carbocycles. The van der Waals surface area contributed by atoms with E-state index in [1.165, 1.54) is 16.2 Å². The van der Waals surface area contributed by atoms with Crippen molar-refractivity contribution in [2.75, 3.05) is 18.1 Å². The van der Waals surface area contributed by atoms with E-state index < -0.39 is 23.7 Å². The van der Waals surface area contributed by atoms with Gasteiger partial charge < -0.3 is 14.6 Å². The molecule has 1 saturated heterocycles. The van der Waals surface area contributed by atoms with Crippen molar-refractivity contribution < 1.29 is 29.0 Å². The van der Waals surface area contributed by atoms with E-state index in [0.29, 0.717) is 28.5 Å². The quantitative estimate of drug-likeness (QED) is 0.194. The molecule has 2 aromatic heterocycles. The van der Waals surface area contributed by atoms with Gasteiger partial charge in [0.2, 0.25) is 0 Å². The molecule has 10 heteroatoms. The number of hydrogen-bond acceptors (Lipinski definition) is 9. The summed E-state index contributed by atoms with van der Waals surface area (Å²) >= 11 is 2.33. The first-order chi connectivity index (χ1) is 16.9. The molecule has 1 aliphatic rings. The average molecular weight is 513 g/mol. The number of nitrogens with zero attached hydrogens (tertiary/aromatic N) is 2. The number of aryl methyl sites for hydroxylation is 1. The molecule has 1 aromatic carbocycles. The normalized spacial score (nSPS) is 17.1. The number of aliphatic hydroxyl groups is 1. The highest BCUT2D eigenvalue weighted by Crippen LogP contribution is 2.45. The van der Waals surface area contributed by atoms with Crippen molar-refractivity contribution in [3.63, 3.8) is 0 Å². The lowest BCUT2D eigenvalue weighted by Crippen LogP contribution is -2.29. The van der Waals surface area contributed by atoms with Gasteiger partial charge in [-0.15, -0.1) is 11.3 Å². The predicted molar refractivity (Wildman–Crippen MR) is 134 cm³/mol. The van der Waals surface area contributed by atoms with Gasteiger partial charge in [0.15, 0.2) is 5.13 Å². The van der Waals surface area contributed by atoms with Crippen molar-refractivity contribution in [2.45, 2.75) is 33.2 Å². The SMILES string of the molecule is CCCOc1ccc(C(O)=C2C(=O)C(=O)N(c3nc(C)c(C(=O)OCC)s3)[C@@H]2c2cccs2)cc1. The number of thiophene rings is 1. The molecule has 1 aliphatic heterocycles. The van der Waals surface area contributed by atoms with E-state index in [1.807, 2.05) is 12.3 Å². The van der Waals surface area contributed by atoms with Crippen LogP contribution in [0.1, 0.15) is 52.1 Å². The maximum atomic E-state index is 13.2. The van der Waals surface area contributed by atoms with E-state index >= 15 is 0 Å². The molecule has 3 heterocycles. The number of hydrogen-bond donors (Lipinski definition) is 1. The fourth-order valence-corrected chi connectivity index (χ4v) is 5.51. The number of carbonyl (C=O) groups is 3. The van der Waals surface area contributed by atoms with E-state index in [-0.39, 0.29) is 27.9 Å². The summed E-state index contributed by atoms with van der Waals surface area (Å²) in [6, 6.07) is 9.41. The van der Waals surface area contributed by atoms with Gasteiger partial charge in [-0.2, -0.15) is 0 Å². The first-order valence-electron chi connectivity index (χ1n) is 11.1. The van der Waals surface area contributed by atoms with Crippen LogP contribution in [0.4, 0.5) is 5.13 Å². The molecular weight excluding hydrogens is 488 g/mol. The Balaban J connectivity index is 1.79. The molecule has 0 bridgehead atoms. The number of esters is 1. The standard InChI is InChI=1S/C25H24N2O6S2/c1-4-12-33-16-10-8-15(9-11-16)20(28)18-19(17-7-6-13-34-17)27(23(30)21(18)29)25-26-14(3)22(35-25)24(31)32-5-2/h6-11,13,19,28H,4-5,12H2,1-3H3/t19-/m1/s1. The minimum absolute atomic E-state index is 0.0368. The zero-order chi connectivity index (χ0) is 25.1. The Bertz CT molecular complexity index is 1280. The molecule has 0 unspecified atom stereocenters. The molecule has 182 valence electrons. The number of aromatic nitrogens is 1. The van der Waals surface area contributed by atoms with E-state index in [2.05, 4.69) is 4.98 Å². The highest BCUT2D eigenvalue weighted by molar-refractivity contribution is 7.18. The third-order valence-corrected chi connectivity index (χ3v) is 7.37. The molecule has 1 atom stereocenters. The molecule has 8 nitrogen and oxygen atoms in total. The van der Waals surface area contributed by atoms with E-state index in [4.69, 9.17) is 9.47 Å². The molecule has 0 spiro atoms. The van der Waals surface area contributed by atoms with Crippen molar-refractivity contribution in [3.8, 4) is 5.75 Å². The van der Waals surface area contributed by atoms with Gasteiger partial charge in [-0.05, 0) is 56.0 Å². The summed E-state index contributed by atoms with van der Waals surface area (Å²) in [5.41, 5.74) is 0.749. The number of thiazole rings is 1. The number of benzene rings is 1. The number of amides is 1. The third kappa shape index (κ3) is 4.71. The maximum Gasteiger partial charge on any atom is 0.350 e. The third-order valence-electron chi connectivity index (χ3n) is 5.31. The largest absolute Gasteiger partial charge is 0.507 e. The minimum Gasteiger partial charge on any atom is -0.507 e. The van der Waals surface area contributed by atoms with E-state index in [9.17, 15) is 19.5 Å². The van der Waals surface area contributed by atoms with Crippen LogP contribution >= 0.6 is 22.7 Å². The van der Waals surface area contributed by atoms with Gasteiger partial charge in [0.25, 0.3) is 5.78 Å². The summed E-state index contributed by atoms with van der Waals surface area (Å²) < 4.78 is 10.7. The summed E-state index contributed by atoms with van der Waals surface area (Å²) in [6.45, 7) is 6.12. The fourth-order valence-electron chi connectivity index (χ4n) is 3.70. The van der Waals surface area contributed by atoms with Crippen LogP contribution in [0, 0.1) is 6.92 Å². The Morgan fingerprint density at radius 2 is 1.91 bits per heavy atom. The molecule has 35 heavy (non-hydrogen) atoms. The highest BCUT2D eigenvalue weighted by Gasteiger charge is 2.48. The summed E-state index contributed by atoms with van der Waals surface area (Å²) in [4.78, 5) is 45.3. The molecule has 0 aliphatic carbocycles. The number of carbonyl (C=O) groups excluding carboxylic acids is 3. The molecule has 0 radical (unpaired) electrons. The molecule has 1 fully saturated rings. The van der Waals surface area contributed by atoms with E-state index in [0.717, 1.165) is 17.8 Å². The lowest BCUT2D eigenvalue weighted by Gasteiger charge is -2.21. The molecule has 3 aromatic rings. The molecule has 4 rings (SSSR count). The number of ketones is 1. The van der Waals surface area contributed by atoms with Crippen LogP contribution in [0.25, 0.3) is 5.76 Å². The molecular formula is C25H24N2O6S2.